The summed E-state index contributed by atoms with van der Waals surface area (Å²) in [6, 6.07) is 7.37. The number of benzene rings is 2. The maximum absolute atomic E-state index is 14.1. The maximum atomic E-state index is 14.1. The number of nitrogens with zero attached hydrogens (tertiary/aromatic N) is 2. The number of H-pyrrole nitrogens is 1. The molecule has 2 amide bonds. The second-order valence-corrected chi connectivity index (χ2v) is 10.8. The molecular weight excluding hydrogens is 586 g/mol. The van der Waals surface area contributed by atoms with Crippen molar-refractivity contribution in [3.63, 3.8) is 0 Å². The lowest BCUT2D eigenvalue weighted by atomic mass is 9.92. The Hall–Kier alpha value is -4.30. The van der Waals surface area contributed by atoms with Gasteiger partial charge < -0.3 is 30.4 Å². The number of nitrogens with one attached hydrogen (secondary N) is 3. The summed E-state index contributed by atoms with van der Waals surface area (Å²) in [4.78, 5) is 52.2. The van der Waals surface area contributed by atoms with E-state index in [9.17, 15) is 41.8 Å². The molecule has 0 radical (unpaired) electrons. The zero-order valence-electron chi connectivity index (χ0n) is 24.1. The highest BCUT2D eigenvalue weighted by atomic mass is 19.4. The molecule has 0 saturated carbocycles. The average Bonchev–Trinajstić information content (AvgIpc) is 2.97. The van der Waals surface area contributed by atoms with Gasteiger partial charge in [0.1, 0.15) is 17.8 Å². The molecule has 0 spiro atoms. The van der Waals surface area contributed by atoms with Crippen LogP contribution < -0.4 is 16.2 Å². The van der Waals surface area contributed by atoms with E-state index >= 15 is 0 Å². The molecule has 2 aromatic carbocycles. The molecular formula is C30H33F4N5O5. The van der Waals surface area contributed by atoms with Crippen LogP contribution in [0.15, 0.2) is 41.2 Å². The number of aldehydes is 1. The van der Waals surface area contributed by atoms with Crippen LogP contribution in [0.4, 0.5) is 23.2 Å². The van der Waals surface area contributed by atoms with E-state index in [1.54, 1.807) is 6.07 Å². The monoisotopic (exact) mass is 619 g/mol. The highest BCUT2D eigenvalue weighted by Gasteiger charge is 2.41. The Balaban J connectivity index is 0.000000233. The summed E-state index contributed by atoms with van der Waals surface area (Å²) < 4.78 is 51.6. The number of hydrogen-bond donors (Lipinski definition) is 4. The largest absolute Gasteiger partial charge is 0.416 e. The predicted octanol–water partition coefficient (Wildman–Crippen LogP) is 2.85. The molecule has 2 aliphatic heterocycles. The van der Waals surface area contributed by atoms with Gasteiger partial charge in [-0.2, -0.15) is 13.2 Å². The van der Waals surface area contributed by atoms with Crippen LogP contribution >= 0.6 is 0 Å². The summed E-state index contributed by atoms with van der Waals surface area (Å²) in [5, 5.41) is 14.9. The summed E-state index contributed by atoms with van der Waals surface area (Å²) in [5.41, 5.74) is 0.698. The highest BCUT2D eigenvalue weighted by molar-refractivity contribution is 5.97. The topological polar surface area (TPSA) is 135 Å². The van der Waals surface area contributed by atoms with E-state index in [4.69, 9.17) is 0 Å². The van der Waals surface area contributed by atoms with E-state index in [-0.39, 0.29) is 48.5 Å². The molecule has 3 aromatic rings. The van der Waals surface area contributed by atoms with Gasteiger partial charge in [-0.25, -0.2) is 4.39 Å². The SMILES string of the molecule is CC1c2ccc(C(F)(F)F)cc2CCN1C.O=CCNc1cc2cc(C(=O)N3C(CO)CC3CNC=O)[nH]c(=O)c2cc1F. The summed E-state index contributed by atoms with van der Waals surface area (Å²) >= 11 is 0. The lowest BCUT2D eigenvalue weighted by Crippen LogP contribution is -2.63. The first-order chi connectivity index (χ1) is 20.9. The lowest BCUT2D eigenvalue weighted by molar-refractivity contribution is -0.137. The van der Waals surface area contributed by atoms with E-state index in [0.717, 1.165) is 23.7 Å². The van der Waals surface area contributed by atoms with Crippen LogP contribution in [0.1, 0.15) is 46.6 Å². The number of rotatable bonds is 8. The van der Waals surface area contributed by atoms with Crippen molar-refractivity contribution in [2.45, 2.75) is 44.1 Å². The van der Waals surface area contributed by atoms with E-state index in [1.165, 1.54) is 29.2 Å². The summed E-state index contributed by atoms with van der Waals surface area (Å²) in [6.45, 7) is 2.72. The first kappa shape index (κ1) is 32.6. The number of likely N-dealkylation sites (N-methyl/N-ethyl adjacent to an activating group) is 1. The van der Waals surface area contributed by atoms with Gasteiger partial charge in [0.25, 0.3) is 11.5 Å². The number of aromatic amines is 1. The summed E-state index contributed by atoms with van der Waals surface area (Å²) in [7, 11) is 1.99. The Bertz CT molecular complexity index is 1590. The second kappa shape index (κ2) is 13.6. The Morgan fingerprint density at radius 2 is 1.91 bits per heavy atom. The number of alkyl halides is 3. The minimum Gasteiger partial charge on any atom is -0.394 e. The molecule has 44 heavy (non-hydrogen) atoms. The van der Waals surface area contributed by atoms with Gasteiger partial charge in [-0.3, -0.25) is 19.3 Å². The van der Waals surface area contributed by atoms with Crippen LogP contribution in [0.2, 0.25) is 0 Å². The zero-order valence-corrected chi connectivity index (χ0v) is 24.1. The number of carbonyl (C=O) groups excluding carboxylic acids is 3. The molecule has 2 aliphatic rings. The molecule has 1 aromatic heterocycles. The third kappa shape index (κ3) is 6.91. The third-order valence-electron chi connectivity index (χ3n) is 8.07. The summed E-state index contributed by atoms with van der Waals surface area (Å²) in [5.74, 6) is -1.20. The molecule has 0 aliphatic carbocycles. The van der Waals surface area contributed by atoms with Crippen molar-refractivity contribution in [1.29, 1.82) is 0 Å². The highest BCUT2D eigenvalue weighted by Crippen LogP contribution is 2.35. The van der Waals surface area contributed by atoms with Crippen LogP contribution in [-0.2, 0) is 22.2 Å². The first-order valence-corrected chi connectivity index (χ1v) is 13.9. The Kier molecular flexibility index (Phi) is 10.0. The number of aliphatic hydroxyl groups excluding tert-OH is 1. The Labute approximate surface area is 250 Å². The van der Waals surface area contributed by atoms with Gasteiger partial charge in [0.15, 0.2) is 0 Å². The zero-order chi connectivity index (χ0) is 32.2. The van der Waals surface area contributed by atoms with Crippen molar-refractivity contribution in [2.24, 2.45) is 0 Å². The van der Waals surface area contributed by atoms with Crippen molar-refractivity contribution >= 4 is 35.1 Å². The van der Waals surface area contributed by atoms with Crippen molar-refractivity contribution in [3.8, 4) is 0 Å². The lowest BCUT2D eigenvalue weighted by Gasteiger charge is -2.47. The smallest absolute Gasteiger partial charge is 0.394 e. The number of amides is 2. The number of aromatic nitrogens is 1. The van der Waals surface area contributed by atoms with Crippen molar-refractivity contribution < 1.29 is 37.1 Å². The minimum atomic E-state index is -4.23. The fraction of sp³-hybridized carbons (Fsp3) is 0.400. The third-order valence-corrected chi connectivity index (χ3v) is 8.07. The first-order valence-electron chi connectivity index (χ1n) is 13.9. The maximum Gasteiger partial charge on any atom is 0.416 e. The Morgan fingerprint density at radius 3 is 2.57 bits per heavy atom. The molecule has 236 valence electrons. The quantitative estimate of drug-likeness (QED) is 0.225. The van der Waals surface area contributed by atoms with Gasteiger partial charge in [0, 0.05) is 19.1 Å². The van der Waals surface area contributed by atoms with Crippen LogP contribution in [0, 0.1) is 5.82 Å². The van der Waals surface area contributed by atoms with Gasteiger partial charge in [-0.15, -0.1) is 0 Å². The number of halogens is 4. The number of carbonyl (C=O) groups is 3. The molecule has 1 saturated heterocycles. The number of hydrogen-bond acceptors (Lipinski definition) is 7. The standard InChI is InChI=1S/C18H19FN4O5.C12H14F3N/c19-14-6-13-10(3-15(14)21-1-2-24)4-16(22-17(13)27)18(28)23-11(7-20-9-26)5-12(23)8-25;1-8-11-4-3-10(12(13,14)15)7-9(11)5-6-16(8)2/h2-4,6,9,11-12,21,25H,1,5,7-8H2,(H,20,26)(H,22,27);3-4,7-8H,5-6H2,1-2H3. The fourth-order valence-electron chi connectivity index (χ4n) is 5.52. The molecule has 4 N–H and O–H groups in total. The number of aliphatic hydroxyl groups is 1. The molecule has 1 fully saturated rings. The average molecular weight is 620 g/mol. The van der Waals surface area contributed by atoms with Gasteiger partial charge in [-0.05, 0) is 73.7 Å². The van der Waals surface area contributed by atoms with Gasteiger partial charge >= 0.3 is 6.18 Å². The molecule has 3 atom stereocenters. The summed E-state index contributed by atoms with van der Waals surface area (Å²) in [6.07, 6.45) is -1.92. The molecule has 3 heterocycles. The van der Waals surface area contributed by atoms with E-state index in [1.807, 2.05) is 14.0 Å². The van der Waals surface area contributed by atoms with E-state index < -0.39 is 35.1 Å². The van der Waals surface area contributed by atoms with Crippen LogP contribution in [0.3, 0.4) is 0 Å². The van der Waals surface area contributed by atoms with E-state index in [0.29, 0.717) is 30.9 Å². The van der Waals surface area contributed by atoms with Crippen molar-refractivity contribution in [1.82, 2.24) is 20.1 Å². The van der Waals surface area contributed by atoms with Crippen LogP contribution in [0.5, 0.6) is 0 Å². The molecule has 14 heteroatoms. The molecule has 5 rings (SSSR count). The van der Waals surface area contributed by atoms with E-state index in [2.05, 4.69) is 20.5 Å². The molecule has 3 unspecified atom stereocenters. The fourth-order valence-corrected chi connectivity index (χ4v) is 5.52. The van der Waals surface area contributed by atoms with Crippen molar-refractivity contribution in [2.75, 3.05) is 38.6 Å². The molecule has 0 bridgehead atoms. The minimum absolute atomic E-state index is 0.0142. The number of likely N-dealkylation sites (tertiary alicyclic amines) is 1. The predicted molar refractivity (Wildman–Crippen MR) is 155 cm³/mol. The number of anilines is 1. The van der Waals surface area contributed by atoms with Gasteiger partial charge in [0.05, 0.1) is 41.9 Å². The normalized spacial score (nSPS) is 19.7. The second-order valence-electron chi connectivity index (χ2n) is 10.8. The Morgan fingerprint density at radius 1 is 1.16 bits per heavy atom. The van der Waals surface area contributed by atoms with Crippen LogP contribution in [-0.4, -0.2) is 83.9 Å². The van der Waals surface area contributed by atoms with Gasteiger partial charge in [0.2, 0.25) is 6.41 Å². The number of pyridine rings is 1. The van der Waals surface area contributed by atoms with Crippen LogP contribution in [0.25, 0.3) is 10.8 Å². The molecule has 10 nitrogen and oxygen atoms in total. The van der Waals surface area contributed by atoms with Gasteiger partial charge in [-0.1, -0.05) is 6.07 Å². The number of fused-ring (bicyclic) bond motifs is 2. The van der Waals surface area contributed by atoms with Crippen molar-refractivity contribution in [3.05, 3.63) is 75.0 Å².